The fourth-order valence-corrected chi connectivity index (χ4v) is 2.80. The van der Waals surface area contributed by atoms with E-state index in [1.807, 2.05) is 13.1 Å². The minimum absolute atomic E-state index is 0.0688. The highest BCUT2D eigenvalue weighted by molar-refractivity contribution is 7.90. The van der Waals surface area contributed by atoms with Crippen molar-refractivity contribution in [3.8, 4) is 0 Å². The molecular weight excluding hydrogens is 272 g/mol. The van der Waals surface area contributed by atoms with Crippen molar-refractivity contribution in [2.45, 2.75) is 31.1 Å². The molecule has 20 heavy (non-hydrogen) atoms. The van der Waals surface area contributed by atoms with E-state index in [2.05, 4.69) is 31.1 Å². The van der Waals surface area contributed by atoms with Gasteiger partial charge in [0.05, 0.1) is 10.4 Å². The number of hydrogen-bond donors (Lipinski definition) is 1. The number of benzene rings is 1. The summed E-state index contributed by atoms with van der Waals surface area (Å²) in [5.41, 5.74) is 1.79. The second-order valence-electron chi connectivity index (χ2n) is 6.01. The first-order valence-electron chi connectivity index (χ1n) is 6.46. The van der Waals surface area contributed by atoms with Crippen molar-refractivity contribution in [2.24, 2.45) is 0 Å². The zero-order valence-electron chi connectivity index (χ0n) is 12.5. The van der Waals surface area contributed by atoms with Crippen molar-refractivity contribution < 1.29 is 8.42 Å². The number of sulfone groups is 1. The number of aromatic nitrogens is 1. The molecular formula is C15H20N2O2S. The van der Waals surface area contributed by atoms with E-state index in [0.29, 0.717) is 4.90 Å². The average molecular weight is 292 g/mol. The Morgan fingerprint density at radius 1 is 1.15 bits per heavy atom. The maximum Gasteiger partial charge on any atom is 0.175 e. The fourth-order valence-electron chi connectivity index (χ4n) is 2.15. The molecule has 0 saturated carbocycles. The first kappa shape index (κ1) is 14.8. The van der Waals surface area contributed by atoms with E-state index in [0.717, 1.165) is 22.3 Å². The second kappa shape index (κ2) is 4.74. The number of fused-ring (bicyclic) bond motifs is 1. The largest absolute Gasteiger partial charge is 0.373 e. The topological polar surface area (TPSA) is 59.1 Å². The first-order chi connectivity index (χ1) is 9.13. The van der Waals surface area contributed by atoms with Gasteiger partial charge in [-0.25, -0.2) is 13.4 Å². The molecule has 2 rings (SSSR count). The van der Waals surface area contributed by atoms with Gasteiger partial charge < -0.3 is 5.32 Å². The predicted molar refractivity (Wildman–Crippen MR) is 83.1 cm³/mol. The van der Waals surface area contributed by atoms with Gasteiger partial charge in [0.25, 0.3) is 0 Å². The normalized spacial score (nSPS) is 12.7. The van der Waals surface area contributed by atoms with Crippen LogP contribution in [0.15, 0.2) is 29.2 Å². The first-order valence-corrected chi connectivity index (χ1v) is 8.35. The van der Waals surface area contributed by atoms with Gasteiger partial charge >= 0.3 is 0 Å². The van der Waals surface area contributed by atoms with Crippen LogP contribution in [-0.4, -0.2) is 26.7 Å². The molecule has 1 aromatic carbocycles. The lowest BCUT2D eigenvalue weighted by Crippen LogP contribution is -2.15. The lowest BCUT2D eigenvalue weighted by molar-refractivity contribution is 0.591. The summed E-state index contributed by atoms with van der Waals surface area (Å²) in [7, 11) is -1.36. The third-order valence-electron chi connectivity index (χ3n) is 3.26. The standard InChI is InChI=1S/C15H20N2O2S/c1-15(2,3)12-9-10-8-11(20(5,18)19)6-7-13(10)17-14(12)16-4/h6-9H,1-5H3,(H,16,17). The molecule has 0 fully saturated rings. The summed E-state index contributed by atoms with van der Waals surface area (Å²) in [5.74, 6) is 0.831. The van der Waals surface area contributed by atoms with Gasteiger partial charge in [0.2, 0.25) is 0 Å². The van der Waals surface area contributed by atoms with E-state index >= 15 is 0 Å². The molecule has 0 unspecified atom stereocenters. The Balaban J connectivity index is 2.77. The lowest BCUT2D eigenvalue weighted by Gasteiger charge is -2.22. The molecule has 5 heteroatoms. The Morgan fingerprint density at radius 2 is 1.80 bits per heavy atom. The molecule has 0 atom stereocenters. The van der Waals surface area contributed by atoms with Gasteiger partial charge in [-0.05, 0) is 29.7 Å². The number of pyridine rings is 1. The summed E-state index contributed by atoms with van der Waals surface area (Å²) in [6.07, 6.45) is 1.22. The van der Waals surface area contributed by atoms with E-state index in [1.54, 1.807) is 18.2 Å². The summed E-state index contributed by atoms with van der Waals surface area (Å²) >= 11 is 0. The fraction of sp³-hybridized carbons (Fsp3) is 0.400. The number of nitrogens with one attached hydrogen (secondary N) is 1. The van der Waals surface area contributed by atoms with Gasteiger partial charge in [-0.2, -0.15) is 0 Å². The number of rotatable bonds is 2. The smallest absolute Gasteiger partial charge is 0.175 e. The molecule has 0 aliphatic heterocycles. The Labute approximate surface area is 120 Å². The molecule has 4 nitrogen and oxygen atoms in total. The molecule has 0 aliphatic rings. The Hall–Kier alpha value is -1.62. The van der Waals surface area contributed by atoms with Gasteiger partial charge in [-0.15, -0.1) is 0 Å². The van der Waals surface area contributed by atoms with E-state index < -0.39 is 9.84 Å². The summed E-state index contributed by atoms with van der Waals surface area (Å²) in [4.78, 5) is 4.90. The van der Waals surface area contributed by atoms with Crippen LogP contribution in [-0.2, 0) is 15.3 Å². The molecule has 0 saturated heterocycles. The van der Waals surface area contributed by atoms with Crippen LogP contribution in [0, 0.1) is 0 Å². The van der Waals surface area contributed by atoms with Crippen molar-refractivity contribution in [1.29, 1.82) is 0 Å². The molecule has 0 aliphatic carbocycles. The van der Waals surface area contributed by atoms with Crippen LogP contribution >= 0.6 is 0 Å². The van der Waals surface area contributed by atoms with Crippen LogP contribution in [0.25, 0.3) is 10.9 Å². The Bertz CT molecular complexity index is 759. The summed E-state index contributed by atoms with van der Waals surface area (Å²) in [5, 5.41) is 3.95. The van der Waals surface area contributed by atoms with E-state index in [4.69, 9.17) is 0 Å². The van der Waals surface area contributed by atoms with Crippen molar-refractivity contribution >= 4 is 26.6 Å². The quantitative estimate of drug-likeness (QED) is 0.924. The van der Waals surface area contributed by atoms with E-state index in [-0.39, 0.29) is 5.41 Å². The SMILES string of the molecule is CNc1nc2ccc(S(C)(=O)=O)cc2cc1C(C)(C)C. The second-order valence-corrected chi connectivity index (χ2v) is 8.03. The average Bonchev–Trinajstić information content (AvgIpc) is 2.34. The third kappa shape index (κ3) is 2.77. The van der Waals surface area contributed by atoms with Crippen molar-refractivity contribution in [2.75, 3.05) is 18.6 Å². The molecule has 108 valence electrons. The van der Waals surface area contributed by atoms with Crippen LogP contribution in [0.2, 0.25) is 0 Å². The number of anilines is 1. The zero-order valence-corrected chi connectivity index (χ0v) is 13.3. The molecule has 0 spiro atoms. The minimum Gasteiger partial charge on any atom is -0.373 e. The molecule has 0 radical (unpaired) electrons. The Morgan fingerprint density at radius 3 is 2.30 bits per heavy atom. The summed E-state index contributed by atoms with van der Waals surface area (Å²) in [6.45, 7) is 6.32. The molecule has 1 N–H and O–H groups in total. The minimum atomic E-state index is -3.20. The predicted octanol–water partition coefficient (Wildman–Crippen LogP) is 2.98. The van der Waals surface area contributed by atoms with Gasteiger partial charge in [-0.3, -0.25) is 0 Å². The molecule has 0 bridgehead atoms. The Kier molecular flexibility index (Phi) is 3.50. The van der Waals surface area contributed by atoms with E-state index in [9.17, 15) is 8.42 Å². The number of hydrogen-bond acceptors (Lipinski definition) is 4. The maximum atomic E-state index is 11.6. The lowest BCUT2D eigenvalue weighted by atomic mass is 9.86. The highest BCUT2D eigenvalue weighted by Crippen LogP contribution is 2.31. The van der Waals surface area contributed by atoms with E-state index in [1.165, 1.54) is 6.26 Å². The van der Waals surface area contributed by atoms with Crippen LogP contribution in [0.5, 0.6) is 0 Å². The molecule has 2 aromatic rings. The van der Waals surface area contributed by atoms with Crippen molar-refractivity contribution in [3.63, 3.8) is 0 Å². The van der Waals surface area contributed by atoms with Crippen LogP contribution in [0.4, 0.5) is 5.82 Å². The van der Waals surface area contributed by atoms with Crippen molar-refractivity contribution in [1.82, 2.24) is 4.98 Å². The van der Waals surface area contributed by atoms with Crippen LogP contribution in [0.3, 0.4) is 0 Å². The monoisotopic (exact) mass is 292 g/mol. The molecule has 1 heterocycles. The van der Waals surface area contributed by atoms with Crippen molar-refractivity contribution in [3.05, 3.63) is 29.8 Å². The zero-order chi connectivity index (χ0) is 15.1. The van der Waals surface area contributed by atoms with Gasteiger partial charge in [0.15, 0.2) is 9.84 Å². The van der Waals surface area contributed by atoms with Gasteiger partial charge in [0.1, 0.15) is 5.82 Å². The van der Waals surface area contributed by atoms with Crippen LogP contribution in [0.1, 0.15) is 26.3 Å². The van der Waals surface area contributed by atoms with Gasteiger partial charge in [0, 0.05) is 24.3 Å². The third-order valence-corrected chi connectivity index (χ3v) is 4.37. The summed E-state index contributed by atoms with van der Waals surface area (Å²) < 4.78 is 23.3. The number of nitrogens with zero attached hydrogens (tertiary/aromatic N) is 1. The summed E-state index contributed by atoms with van der Waals surface area (Å²) in [6, 6.07) is 7.05. The van der Waals surface area contributed by atoms with Gasteiger partial charge in [-0.1, -0.05) is 20.8 Å². The van der Waals surface area contributed by atoms with Crippen LogP contribution < -0.4 is 5.32 Å². The molecule has 0 amide bonds. The maximum absolute atomic E-state index is 11.6. The highest BCUT2D eigenvalue weighted by atomic mass is 32.2. The highest BCUT2D eigenvalue weighted by Gasteiger charge is 2.20. The molecule has 1 aromatic heterocycles.